The summed E-state index contributed by atoms with van der Waals surface area (Å²) in [6.45, 7) is 0. The summed E-state index contributed by atoms with van der Waals surface area (Å²) >= 11 is 0. The minimum Gasteiger partial charge on any atom is -0.508 e. The van der Waals surface area contributed by atoms with Gasteiger partial charge in [-0.05, 0) is 30.2 Å². The van der Waals surface area contributed by atoms with Crippen LogP contribution in [0.5, 0.6) is 5.75 Å². The van der Waals surface area contributed by atoms with Gasteiger partial charge in [0.05, 0.1) is 17.5 Å². The number of carbonyl (C=O) groups is 1. The molecule has 1 N–H and O–H groups in total. The first kappa shape index (κ1) is 14.6. The van der Waals surface area contributed by atoms with Crippen LogP contribution in [0.1, 0.15) is 34.0 Å². The number of phenols is 1. The number of aromatic hydroxyl groups is 1. The quantitative estimate of drug-likeness (QED) is 0.784. The van der Waals surface area contributed by atoms with E-state index in [0.29, 0.717) is 29.8 Å². The number of rotatable bonds is 2. The third-order valence-corrected chi connectivity index (χ3v) is 4.50. The molecule has 0 bridgehead atoms. The number of aromatic nitrogens is 2. The molecule has 0 amide bonds. The first-order valence-electron chi connectivity index (χ1n) is 7.78. The molecule has 0 saturated heterocycles. The van der Waals surface area contributed by atoms with E-state index in [1.165, 1.54) is 16.9 Å². The predicted octanol–water partition coefficient (Wildman–Crippen LogP) is 3.63. The van der Waals surface area contributed by atoms with Gasteiger partial charge in [0.2, 0.25) is 0 Å². The molecule has 0 saturated carbocycles. The molecule has 1 heterocycles. The van der Waals surface area contributed by atoms with Crippen molar-refractivity contribution < 1.29 is 14.3 Å². The molecule has 1 aromatic heterocycles. The Morgan fingerprint density at radius 2 is 1.83 bits per heavy atom. The topological polar surface area (TPSA) is 55.1 Å². The van der Waals surface area contributed by atoms with Crippen LogP contribution >= 0.6 is 0 Å². The molecule has 4 nitrogen and oxygen atoms in total. The van der Waals surface area contributed by atoms with Gasteiger partial charge in [-0.1, -0.05) is 30.3 Å². The minimum atomic E-state index is -0.388. The highest BCUT2D eigenvalue weighted by atomic mass is 19.1. The summed E-state index contributed by atoms with van der Waals surface area (Å²) in [4.78, 5) is 12.5. The molecule has 24 heavy (non-hydrogen) atoms. The molecule has 4 rings (SSSR count). The second kappa shape index (κ2) is 5.60. The molecule has 0 fully saturated rings. The van der Waals surface area contributed by atoms with Crippen molar-refractivity contribution >= 4 is 5.78 Å². The largest absolute Gasteiger partial charge is 0.508 e. The highest BCUT2D eigenvalue weighted by Crippen LogP contribution is 2.37. The summed E-state index contributed by atoms with van der Waals surface area (Å²) in [7, 11) is 0. The third-order valence-electron chi connectivity index (χ3n) is 4.50. The lowest BCUT2D eigenvalue weighted by atomic mass is 9.82. The third kappa shape index (κ3) is 2.29. The van der Waals surface area contributed by atoms with Crippen LogP contribution in [0.2, 0.25) is 0 Å². The fraction of sp³-hybridized carbons (Fsp3) is 0.158. The van der Waals surface area contributed by atoms with Gasteiger partial charge >= 0.3 is 0 Å². The van der Waals surface area contributed by atoms with Crippen molar-refractivity contribution in [1.82, 2.24) is 9.78 Å². The second-order valence-corrected chi connectivity index (χ2v) is 5.96. The Morgan fingerprint density at radius 1 is 1.08 bits per heavy atom. The van der Waals surface area contributed by atoms with Crippen molar-refractivity contribution in [2.75, 3.05) is 0 Å². The summed E-state index contributed by atoms with van der Waals surface area (Å²) < 4.78 is 15.6. The van der Waals surface area contributed by atoms with Crippen molar-refractivity contribution in [3.63, 3.8) is 0 Å². The number of benzene rings is 2. The highest BCUT2D eigenvalue weighted by molar-refractivity contribution is 5.98. The molecule has 0 spiro atoms. The number of halogens is 1. The Balaban J connectivity index is 1.80. The van der Waals surface area contributed by atoms with E-state index in [-0.39, 0.29) is 23.3 Å². The zero-order chi connectivity index (χ0) is 16.7. The van der Waals surface area contributed by atoms with Crippen LogP contribution in [-0.2, 0) is 6.42 Å². The summed E-state index contributed by atoms with van der Waals surface area (Å²) in [5, 5.41) is 14.3. The molecule has 1 aliphatic carbocycles. The van der Waals surface area contributed by atoms with Crippen LogP contribution in [0.4, 0.5) is 4.39 Å². The maximum Gasteiger partial charge on any atom is 0.166 e. The van der Waals surface area contributed by atoms with E-state index in [1.807, 2.05) is 12.1 Å². The Labute approximate surface area is 138 Å². The van der Waals surface area contributed by atoms with Gasteiger partial charge in [-0.3, -0.25) is 4.79 Å². The monoisotopic (exact) mass is 322 g/mol. The van der Waals surface area contributed by atoms with E-state index in [1.54, 1.807) is 30.3 Å². The molecule has 5 heteroatoms. The normalized spacial score (nSPS) is 16.9. The van der Waals surface area contributed by atoms with Gasteiger partial charge in [0.25, 0.3) is 0 Å². The maximum atomic E-state index is 14.1. The molecule has 0 unspecified atom stereocenters. The van der Waals surface area contributed by atoms with E-state index >= 15 is 0 Å². The molecule has 1 aliphatic rings. The number of Topliss-reactive ketones (excluding diaryl/α,β-unsaturated/α-hetero) is 1. The van der Waals surface area contributed by atoms with Crippen LogP contribution in [0, 0.1) is 5.82 Å². The number of phenolic OH excluding ortho intramolecular Hbond substituents is 1. The smallest absolute Gasteiger partial charge is 0.166 e. The van der Waals surface area contributed by atoms with Crippen molar-refractivity contribution in [1.29, 1.82) is 0 Å². The van der Waals surface area contributed by atoms with E-state index in [2.05, 4.69) is 5.10 Å². The SMILES string of the molecule is O=C1C[C@H](c2ccccc2O)Cc2c1cnn2-c1ccccc1F. The van der Waals surface area contributed by atoms with Gasteiger partial charge in [-0.25, -0.2) is 9.07 Å². The van der Waals surface area contributed by atoms with E-state index < -0.39 is 0 Å². The predicted molar refractivity (Wildman–Crippen MR) is 87.0 cm³/mol. The molecule has 120 valence electrons. The van der Waals surface area contributed by atoms with Gasteiger partial charge in [0, 0.05) is 12.3 Å². The number of para-hydroxylation sites is 2. The fourth-order valence-electron chi connectivity index (χ4n) is 3.33. The molecule has 3 aromatic rings. The van der Waals surface area contributed by atoms with Crippen molar-refractivity contribution in [2.24, 2.45) is 0 Å². The number of fused-ring (bicyclic) bond motifs is 1. The highest BCUT2D eigenvalue weighted by Gasteiger charge is 2.31. The molecular formula is C19H15FN2O2. The lowest BCUT2D eigenvalue weighted by Crippen LogP contribution is -2.20. The molecule has 0 radical (unpaired) electrons. The number of carbonyl (C=O) groups excluding carboxylic acids is 1. The minimum absolute atomic E-state index is 0.0351. The summed E-state index contributed by atoms with van der Waals surface area (Å²) in [5.74, 6) is -0.392. The Hall–Kier alpha value is -2.95. The standard InChI is InChI=1S/C19H15FN2O2/c20-15-6-2-3-7-16(15)22-17-9-12(10-19(24)14(17)11-21-22)13-5-1-4-8-18(13)23/h1-8,11-12,23H,9-10H2/t12-/m1/s1. The van der Waals surface area contributed by atoms with E-state index in [4.69, 9.17) is 0 Å². The van der Waals surface area contributed by atoms with Crippen molar-refractivity contribution in [3.8, 4) is 11.4 Å². The Kier molecular flexibility index (Phi) is 3.41. The Morgan fingerprint density at radius 3 is 2.62 bits per heavy atom. The zero-order valence-electron chi connectivity index (χ0n) is 12.8. The van der Waals surface area contributed by atoms with Crippen LogP contribution in [0.3, 0.4) is 0 Å². The van der Waals surface area contributed by atoms with Gasteiger partial charge in [0.1, 0.15) is 17.3 Å². The average Bonchev–Trinajstić information content (AvgIpc) is 3.00. The van der Waals surface area contributed by atoms with Crippen LogP contribution in [0.25, 0.3) is 5.69 Å². The number of ketones is 1. The summed E-state index contributed by atoms with van der Waals surface area (Å²) in [6, 6.07) is 13.4. The van der Waals surface area contributed by atoms with Gasteiger partial charge < -0.3 is 5.11 Å². The fourth-order valence-corrected chi connectivity index (χ4v) is 3.33. The maximum absolute atomic E-state index is 14.1. The summed E-state index contributed by atoms with van der Waals surface area (Å²) in [5.41, 5.74) is 2.27. The van der Waals surface area contributed by atoms with E-state index in [9.17, 15) is 14.3 Å². The first-order valence-corrected chi connectivity index (χ1v) is 7.78. The van der Waals surface area contributed by atoms with Crippen LogP contribution in [-0.4, -0.2) is 20.7 Å². The van der Waals surface area contributed by atoms with Crippen molar-refractivity contribution in [3.05, 3.63) is 77.4 Å². The average molecular weight is 322 g/mol. The number of hydrogen-bond acceptors (Lipinski definition) is 3. The molecule has 1 atom stereocenters. The van der Waals surface area contributed by atoms with Crippen LogP contribution in [0.15, 0.2) is 54.7 Å². The lowest BCUT2D eigenvalue weighted by Gasteiger charge is -2.23. The first-order chi connectivity index (χ1) is 11.6. The van der Waals surface area contributed by atoms with Gasteiger partial charge in [-0.2, -0.15) is 5.10 Å². The lowest BCUT2D eigenvalue weighted by molar-refractivity contribution is 0.0963. The summed E-state index contributed by atoms with van der Waals surface area (Å²) in [6.07, 6.45) is 2.34. The number of nitrogens with zero attached hydrogens (tertiary/aromatic N) is 2. The number of hydrogen-bond donors (Lipinski definition) is 1. The van der Waals surface area contributed by atoms with E-state index in [0.717, 1.165) is 5.56 Å². The van der Waals surface area contributed by atoms with Crippen LogP contribution < -0.4 is 0 Å². The van der Waals surface area contributed by atoms with Crippen molar-refractivity contribution in [2.45, 2.75) is 18.8 Å². The molecule has 0 aliphatic heterocycles. The van der Waals surface area contributed by atoms with Gasteiger partial charge in [0.15, 0.2) is 5.78 Å². The molecule has 2 aromatic carbocycles. The Bertz CT molecular complexity index is 933. The molecular weight excluding hydrogens is 307 g/mol. The second-order valence-electron chi connectivity index (χ2n) is 5.96. The van der Waals surface area contributed by atoms with Gasteiger partial charge in [-0.15, -0.1) is 0 Å². The zero-order valence-corrected chi connectivity index (χ0v) is 12.8.